The minimum absolute atomic E-state index is 0. The first-order valence-electron chi connectivity index (χ1n) is 3.29. The van der Waals surface area contributed by atoms with Gasteiger partial charge in [0.25, 0.3) is 0 Å². The van der Waals surface area contributed by atoms with Crippen LogP contribution in [-0.2, 0) is 0 Å². The SMILES string of the molecule is O=[N+]([O-])[O-].O=[N+]([O-])[O-].O=[N+]([O-])[O-].O=[N+]([O-])[O-].O=[N+]([O-])[O-].O=[N+]([O-])[O-].[Al+3].[Ce+3]. The maximum absolute atomic E-state index is 8.25. The summed E-state index contributed by atoms with van der Waals surface area (Å²) in [5.41, 5.74) is 0. The van der Waals surface area contributed by atoms with Crippen LogP contribution in [0.5, 0.6) is 0 Å². The molecule has 0 spiro atoms. The van der Waals surface area contributed by atoms with E-state index in [9.17, 15) is 0 Å². The van der Waals surface area contributed by atoms with Crippen molar-refractivity contribution in [1.29, 1.82) is 0 Å². The largest absolute Gasteiger partial charge is 3.00 e. The van der Waals surface area contributed by atoms with Crippen LogP contribution in [0.25, 0.3) is 0 Å². The molecule has 0 saturated heterocycles. The van der Waals surface area contributed by atoms with Crippen LogP contribution >= 0.6 is 0 Å². The minimum Gasteiger partial charge on any atom is -0.356 e. The van der Waals surface area contributed by atoms with E-state index >= 15 is 0 Å². The molecule has 0 unspecified atom stereocenters. The summed E-state index contributed by atoms with van der Waals surface area (Å²) in [6.45, 7) is 0. The number of hydrogen-bond acceptors (Lipinski definition) is 18. The van der Waals surface area contributed by atoms with Gasteiger partial charge in [-0.05, 0) is 0 Å². The van der Waals surface area contributed by atoms with Crippen LogP contribution in [0.3, 0.4) is 0 Å². The maximum atomic E-state index is 8.25. The Balaban J connectivity index is -0.0000000245. The fourth-order valence-electron chi connectivity index (χ4n) is 0. The first-order valence-corrected chi connectivity index (χ1v) is 3.29. The molecular weight excluding hydrogens is 539 g/mol. The van der Waals surface area contributed by atoms with Gasteiger partial charge in [-0.3, -0.25) is 0 Å². The van der Waals surface area contributed by atoms with E-state index in [2.05, 4.69) is 0 Å². The number of nitrogens with zero attached hydrogens (tertiary/aromatic N) is 6. The molecule has 26 heavy (non-hydrogen) atoms. The predicted molar refractivity (Wildman–Crippen MR) is 67.9 cm³/mol. The Bertz CT molecular complexity index is 263. The van der Waals surface area contributed by atoms with Crippen molar-refractivity contribution in [3.63, 3.8) is 0 Å². The van der Waals surface area contributed by atoms with Crippen molar-refractivity contribution in [2.45, 2.75) is 0 Å². The van der Waals surface area contributed by atoms with Crippen LogP contribution in [0.4, 0.5) is 0 Å². The monoisotopic (exact) mass is 539 g/mol. The summed E-state index contributed by atoms with van der Waals surface area (Å²) >= 11 is 0. The van der Waals surface area contributed by atoms with Crippen molar-refractivity contribution >= 4 is 17.4 Å². The Hall–Kier alpha value is -2.89. The first-order chi connectivity index (χ1) is 10.4. The van der Waals surface area contributed by atoms with Gasteiger partial charge in [0.05, 0.1) is 30.5 Å². The molecule has 145 valence electrons. The van der Waals surface area contributed by atoms with Crippen LogP contribution in [0.2, 0.25) is 0 Å². The second-order valence-electron chi connectivity index (χ2n) is 1.34. The second kappa shape index (κ2) is 43.2. The molecule has 1 radical (unpaired) electrons. The van der Waals surface area contributed by atoms with E-state index in [0.717, 1.165) is 0 Å². The molecule has 26 heteroatoms. The average molecular weight is 539 g/mol. The maximum Gasteiger partial charge on any atom is 3.00 e. The minimum atomic E-state index is -1.75. The topological polar surface area (TPSA) is 397 Å². The molecular formula is AlCeN6O18. The molecule has 0 aromatic heterocycles. The third kappa shape index (κ3) is 1020. The van der Waals surface area contributed by atoms with Gasteiger partial charge in [0.1, 0.15) is 0 Å². The van der Waals surface area contributed by atoms with Gasteiger partial charge in [0.15, 0.2) is 0 Å². The molecule has 0 N–H and O–H groups in total. The summed E-state index contributed by atoms with van der Waals surface area (Å²) < 4.78 is 0. The van der Waals surface area contributed by atoms with Crippen molar-refractivity contribution in [2.75, 3.05) is 0 Å². The summed E-state index contributed by atoms with van der Waals surface area (Å²) in [6, 6.07) is 0. The summed E-state index contributed by atoms with van der Waals surface area (Å²) in [5.74, 6) is 0. The van der Waals surface area contributed by atoms with Crippen molar-refractivity contribution in [3.8, 4) is 0 Å². The summed E-state index contributed by atoms with van der Waals surface area (Å²) in [7, 11) is 0. The van der Waals surface area contributed by atoms with Gasteiger partial charge in [0.2, 0.25) is 0 Å². The third-order valence-electron chi connectivity index (χ3n) is 0. The number of rotatable bonds is 0. The third-order valence-corrected chi connectivity index (χ3v) is 0. The zero-order valence-electron chi connectivity index (χ0n) is 11.1. The Kier molecular flexibility index (Phi) is 82.1. The smallest absolute Gasteiger partial charge is 0.356 e. The molecule has 0 aromatic rings. The van der Waals surface area contributed by atoms with Gasteiger partial charge in [-0.2, -0.15) is 0 Å². The van der Waals surface area contributed by atoms with Gasteiger partial charge in [-0.1, -0.05) is 0 Å². The molecule has 0 aromatic carbocycles. The normalized spacial score (nSPS) is 5.54. The fourth-order valence-corrected chi connectivity index (χ4v) is 0. The number of hydrogen-bond donors (Lipinski definition) is 0. The first kappa shape index (κ1) is 49.5. The van der Waals surface area contributed by atoms with Gasteiger partial charge in [0, 0.05) is 0 Å². The van der Waals surface area contributed by atoms with Crippen LogP contribution in [0.1, 0.15) is 0 Å². The molecule has 0 bridgehead atoms. The van der Waals surface area contributed by atoms with E-state index in [1.165, 1.54) is 0 Å². The molecule has 0 fully saturated rings. The van der Waals surface area contributed by atoms with Crippen LogP contribution in [0, 0.1) is 134 Å². The van der Waals surface area contributed by atoms with E-state index in [1.807, 2.05) is 0 Å². The standard InChI is InChI=1S/Al.Ce.6NO3/c;;6*2-1(3)4/q2*+3;6*-1. The summed E-state index contributed by atoms with van der Waals surface area (Å²) in [5, 5.41) is 88.5. The van der Waals surface area contributed by atoms with E-state index < -0.39 is 30.5 Å². The van der Waals surface area contributed by atoms with Crippen molar-refractivity contribution < 1.29 is 72.3 Å². The predicted octanol–water partition coefficient (Wildman–Crippen LogP) is -1.82. The molecule has 0 aliphatic carbocycles. The Labute approximate surface area is 181 Å². The molecule has 24 nitrogen and oxygen atoms in total. The van der Waals surface area contributed by atoms with Gasteiger partial charge in [-0.25, -0.2) is 0 Å². The van der Waals surface area contributed by atoms with E-state index in [1.54, 1.807) is 0 Å². The Morgan fingerprint density at radius 2 is 0.308 bits per heavy atom. The van der Waals surface area contributed by atoms with Crippen LogP contribution in [0.15, 0.2) is 0 Å². The zero-order valence-corrected chi connectivity index (χ0v) is 15.4. The molecule has 0 rings (SSSR count). The van der Waals surface area contributed by atoms with E-state index in [0.29, 0.717) is 0 Å². The van der Waals surface area contributed by atoms with E-state index in [-0.39, 0.29) is 59.1 Å². The van der Waals surface area contributed by atoms with Crippen molar-refractivity contribution in [3.05, 3.63) is 91.9 Å². The van der Waals surface area contributed by atoms with Crippen LogP contribution in [-0.4, -0.2) is 47.9 Å². The molecule has 0 atom stereocenters. The fraction of sp³-hybridized carbons (Fsp3) is 0. The Morgan fingerprint density at radius 3 is 0.308 bits per heavy atom. The quantitative estimate of drug-likeness (QED) is 0.186. The second-order valence-corrected chi connectivity index (χ2v) is 1.34. The summed E-state index contributed by atoms with van der Waals surface area (Å²) in [6.07, 6.45) is 0. The molecule has 0 heterocycles. The van der Waals surface area contributed by atoms with Gasteiger partial charge >= 0.3 is 59.1 Å². The average Bonchev–Trinajstić information content (AvgIpc) is 2.08. The molecule has 0 aliphatic rings. The van der Waals surface area contributed by atoms with Crippen molar-refractivity contribution in [1.82, 2.24) is 0 Å². The van der Waals surface area contributed by atoms with Crippen LogP contribution < -0.4 is 0 Å². The van der Waals surface area contributed by atoms with Crippen molar-refractivity contribution in [2.24, 2.45) is 0 Å². The zero-order chi connectivity index (χ0) is 21.5. The Morgan fingerprint density at radius 1 is 0.308 bits per heavy atom. The van der Waals surface area contributed by atoms with Gasteiger partial charge < -0.3 is 91.9 Å². The summed E-state index contributed by atoms with van der Waals surface area (Å²) in [4.78, 5) is 49.5. The van der Waals surface area contributed by atoms with E-state index in [4.69, 9.17) is 91.9 Å². The van der Waals surface area contributed by atoms with Gasteiger partial charge in [-0.15, -0.1) is 0 Å². The molecule has 0 amide bonds. The molecule has 0 aliphatic heterocycles. The molecule has 0 saturated carbocycles.